The molecule has 0 N–H and O–H groups in total. The highest BCUT2D eigenvalue weighted by atomic mass is 35.5. The van der Waals surface area contributed by atoms with E-state index in [2.05, 4.69) is 0 Å². The molecule has 1 saturated heterocycles. The molecule has 1 amide bonds. The van der Waals surface area contributed by atoms with Gasteiger partial charge in [0.25, 0.3) is 0 Å². The molecule has 1 atom stereocenters. The van der Waals surface area contributed by atoms with Crippen LogP contribution < -0.4 is 0 Å². The number of amides is 1. The molecule has 0 spiro atoms. The maximum atomic E-state index is 11.7. The third-order valence-electron chi connectivity index (χ3n) is 2.09. The Kier molecular flexibility index (Phi) is 3.75. The van der Waals surface area contributed by atoms with Gasteiger partial charge in [0.15, 0.2) is 0 Å². The number of aldehydes is 1. The molecular formula is C10H15Cl2NO3. The summed E-state index contributed by atoms with van der Waals surface area (Å²) in [5, 5.41) is 0. The Hall–Kier alpha value is -0.480. The molecule has 1 aliphatic heterocycles. The van der Waals surface area contributed by atoms with E-state index in [1.807, 2.05) is 0 Å². The van der Waals surface area contributed by atoms with Gasteiger partial charge in [0.1, 0.15) is 16.2 Å². The molecule has 0 aliphatic carbocycles. The van der Waals surface area contributed by atoms with Crippen molar-refractivity contribution < 1.29 is 14.3 Å². The molecule has 0 aromatic carbocycles. The van der Waals surface area contributed by atoms with Crippen molar-refractivity contribution in [3.8, 4) is 0 Å². The lowest BCUT2D eigenvalue weighted by atomic mass is 10.2. The SMILES string of the molecule is CC(C)(C)OC(=O)N1CC(Cl)(Cl)C[C@H]1C=O. The third-order valence-corrected chi connectivity index (χ3v) is 2.64. The Morgan fingerprint density at radius 3 is 2.50 bits per heavy atom. The largest absolute Gasteiger partial charge is 0.444 e. The molecule has 0 unspecified atom stereocenters. The van der Waals surface area contributed by atoms with Gasteiger partial charge in [0, 0.05) is 6.42 Å². The highest BCUT2D eigenvalue weighted by Crippen LogP contribution is 2.36. The molecule has 0 aromatic heterocycles. The van der Waals surface area contributed by atoms with Crippen molar-refractivity contribution in [3.05, 3.63) is 0 Å². The van der Waals surface area contributed by atoms with Gasteiger partial charge in [-0.1, -0.05) is 23.2 Å². The lowest BCUT2D eigenvalue weighted by Gasteiger charge is -2.26. The van der Waals surface area contributed by atoms with E-state index in [-0.39, 0.29) is 13.0 Å². The summed E-state index contributed by atoms with van der Waals surface area (Å²) >= 11 is 11.8. The summed E-state index contributed by atoms with van der Waals surface area (Å²) in [5.74, 6) is 0. The van der Waals surface area contributed by atoms with Crippen LogP contribution in [0.4, 0.5) is 4.79 Å². The number of nitrogens with zero attached hydrogens (tertiary/aromatic N) is 1. The van der Waals surface area contributed by atoms with Crippen LogP contribution in [-0.4, -0.2) is 39.8 Å². The first kappa shape index (κ1) is 13.6. The van der Waals surface area contributed by atoms with Gasteiger partial charge in [-0.25, -0.2) is 4.79 Å². The second kappa shape index (κ2) is 4.41. The zero-order valence-corrected chi connectivity index (χ0v) is 11.0. The summed E-state index contributed by atoms with van der Waals surface area (Å²) in [7, 11) is 0. The number of hydrogen-bond donors (Lipinski definition) is 0. The molecule has 1 fully saturated rings. The predicted octanol–water partition coefficient (Wildman–Crippen LogP) is 2.37. The van der Waals surface area contributed by atoms with Crippen molar-refractivity contribution in [2.45, 2.75) is 43.2 Å². The third kappa shape index (κ3) is 3.52. The van der Waals surface area contributed by atoms with Gasteiger partial charge in [-0.05, 0) is 20.8 Å². The molecule has 0 saturated carbocycles. The Labute approximate surface area is 105 Å². The Balaban J connectivity index is 2.72. The topological polar surface area (TPSA) is 46.6 Å². The summed E-state index contributed by atoms with van der Waals surface area (Å²) in [4.78, 5) is 23.8. The summed E-state index contributed by atoms with van der Waals surface area (Å²) in [6, 6.07) is -0.607. The fourth-order valence-corrected chi connectivity index (χ4v) is 2.06. The summed E-state index contributed by atoms with van der Waals surface area (Å²) in [6.45, 7) is 5.37. The zero-order chi connectivity index (χ0) is 12.6. The lowest BCUT2D eigenvalue weighted by Crippen LogP contribution is -2.41. The van der Waals surface area contributed by atoms with Crippen molar-refractivity contribution in [2.75, 3.05) is 6.54 Å². The van der Waals surface area contributed by atoms with Gasteiger partial charge in [-0.15, -0.1) is 0 Å². The molecule has 4 nitrogen and oxygen atoms in total. The second-order valence-electron chi connectivity index (χ2n) is 4.87. The summed E-state index contributed by atoms with van der Waals surface area (Å²) < 4.78 is 4.09. The molecule has 16 heavy (non-hydrogen) atoms. The second-order valence-corrected chi connectivity index (χ2v) is 6.51. The van der Waals surface area contributed by atoms with Crippen molar-refractivity contribution in [1.29, 1.82) is 0 Å². The van der Waals surface area contributed by atoms with Crippen molar-refractivity contribution in [3.63, 3.8) is 0 Å². The van der Waals surface area contributed by atoms with Crippen LogP contribution in [0, 0.1) is 0 Å². The van der Waals surface area contributed by atoms with Crippen LogP contribution in [0.2, 0.25) is 0 Å². The van der Waals surface area contributed by atoms with Gasteiger partial charge < -0.3 is 9.53 Å². The van der Waals surface area contributed by atoms with E-state index < -0.39 is 22.1 Å². The standard InChI is InChI=1S/C10H15Cl2NO3/c1-9(2,3)16-8(15)13-6-10(11,12)4-7(13)5-14/h5,7H,4,6H2,1-3H3/t7-/m0/s1. The van der Waals surface area contributed by atoms with Crippen LogP contribution in [0.1, 0.15) is 27.2 Å². The molecule has 0 radical (unpaired) electrons. The Morgan fingerprint density at radius 1 is 1.50 bits per heavy atom. The van der Waals surface area contributed by atoms with Crippen LogP contribution in [0.15, 0.2) is 0 Å². The monoisotopic (exact) mass is 267 g/mol. The average molecular weight is 268 g/mol. The molecule has 1 heterocycles. The van der Waals surface area contributed by atoms with Gasteiger partial charge >= 0.3 is 6.09 Å². The van der Waals surface area contributed by atoms with Gasteiger partial charge in [-0.2, -0.15) is 0 Å². The first-order valence-corrected chi connectivity index (χ1v) is 5.73. The fourth-order valence-electron chi connectivity index (χ4n) is 1.49. The van der Waals surface area contributed by atoms with Crippen molar-refractivity contribution in [1.82, 2.24) is 4.90 Å². The van der Waals surface area contributed by atoms with Crippen molar-refractivity contribution >= 4 is 35.6 Å². The van der Waals surface area contributed by atoms with Crippen LogP contribution in [0.25, 0.3) is 0 Å². The number of likely N-dealkylation sites (tertiary alicyclic amines) is 1. The predicted molar refractivity (Wildman–Crippen MR) is 61.8 cm³/mol. The number of halogens is 2. The van der Waals surface area contributed by atoms with E-state index in [0.29, 0.717) is 6.29 Å². The van der Waals surface area contributed by atoms with Crippen molar-refractivity contribution in [2.24, 2.45) is 0 Å². The van der Waals surface area contributed by atoms with Crippen LogP contribution in [0.3, 0.4) is 0 Å². The smallest absolute Gasteiger partial charge is 0.410 e. The molecule has 1 aliphatic rings. The molecule has 6 heteroatoms. The first-order chi connectivity index (χ1) is 7.14. The molecule has 0 bridgehead atoms. The minimum absolute atomic E-state index is 0.106. The normalized spacial score (nSPS) is 24.3. The van der Waals surface area contributed by atoms with Crippen LogP contribution >= 0.6 is 23.2 Å². The number of hydrogen-bond acceptors (Lipinski definition) is 3. The van der Waals surface area contributed by atoms with Crippen LogP contribution in [-0.2, 0) is 9.53 Å². The van der Waals surface area contributed by atoms with E-state index in [9.17, 15) is 9.59 Å². The zero-order valence-electron chi connectivity index (χ0n) is 9.50. The van der Waals surface area contributed by atoms with E-state index in [4.69, 9.17) is 27.9 Å². The number of ether oxygens (including phenoxy) is 1. The van der Waals surface area contributed by atoms with E-state index in [1.54, 1.807) is 20.8 Å². The molecule has 1 rings (SSSR count). The fraction of sp³-hybridized carbons (Fsp3) is 0.800. The van der Waals surface area contributed by atoms with E-state index in [1.165, 1.54) is 4.90 Å². The maximum absolute atomic E-state index is 11.7. The van der Waals surface area contributed by atoms with E-state index in [0.717, 1.165) is 0 Å². The lowest BCUT2D eigenvalue weighted by molar-refractivity contribution is -0.111. The minimum Gasteiger partial charge on any atom is -0.444 e. The number of alkyl halides is 2. The number of rotatable bonds is 1. The Morgan fingerprint density at radius 2 is 2.06 bits per heavy atom. The van der Waals surface area contributed by atoms with Gasteiger partial charge in [0.2, 0.25) is 0 Å². The molecule has 0 aromatic rings. The van der Waals surface area contributed by atoms with Gasteiger partial charge in [0.05, 0.1) is 12.6 Å². The highest BCUT2D eigenvalue weighted by Gasteiger charge is 2.45. The minimum atomic E-state index is -1.07. The maximum Gasteiger partial charge on any atom is 0.410 e. The Bertz CT molecular complexity index is 299. The number of carbonyl (C=O) groups excluding carboxylic acids is 2. The average Bonchev–Trinajstić information content (AvgIpc) is 2.38. The molecular weight excluding hydrogens is 253 g/mol. The first-order valence-electron chi connectivity index (χ1n) is 4.97. The number of carbonyl (C=O) groups is 2. The molecule has 92 valence electrons. The highest BCUT2D eigenvalue weighted by molar-refractivity contribution is 6.49. The summed E-state index contributed by atoms with van der Waals surface area (Å²) in [5.41, 5.74) is -0.603. The summed E-state index contributed by atoms with van der Waals surface area (Å²) in [6.07, 6.45) is 0.336. The van der Waals surface area contributed by atoms with E-state index >= 15 is 0 Å². The van der Waals surface area contributed by atoms with Crippen LogP contribution in [0.5, 0.6) is 0 Å². The quantitative estimate of drug-likeness (QED) is 0.541. The van der Waals surface area contributed by atoms with Gasteiger partial charge in [-0.3, -0.25) is 4.90 Å².